The molecule has 0 radical (unpaired) electrons. The molecule has 1 N–H and O–H groups in total. The summed E-state index contributed by atoms with van der Waals surface area (Å²) in [6.07, 6.45) is 6.15. The maximum atomic E-state index is 14.8. The summed E-state index contributed by atoms with van der Waals surface area (Å²) in [5, 5.41) is 10.6. The molecule has 222 valence electrons. The molecule has 3 aliphatic rings. The van der Waals surface area contributed by atoms with Crippen molar-refractivity contribution < 1.29 is 29.0 Å². The number of hydrogen-bond donors (Lipinski definition) is 1. The molecule has 2 aromatic rings. The number of aliphatic hydroxyl groups excluding tert-OH is 1. The molecule has 0 aliphatic carbocycles. The van der Waals surface area contributed by atoms with E-state index in [1.54, 1.807) is 65.1 Å². The number of carbonyl (C=O) groups is 3. The summed E-state index contributed by atoms with van der Waals surface area (Å²) in [5.41, 5.74) is 1.37. The summed E-state index contributed by atoms with van der Waals surface area (Å²) in [4.78, 5) is 46.0. The summed E-state index contributed by atoms with van der Waals surface area (Å²) >= 11 is 1.58. The summed E-state index contributed by atoms with van der Waals surface area (Å²) in [6, 6.07) is 14.8. The van der Waals surface area contributed by atoms with Crippen molar-refractivity contribution in [2.24, 2.45) is 11.8 Å². The number of aliphatic hydroxyl groups is 1. The van der Waals surface area contributed by atoms with E-state index in [2.05, 4.69) is 13.2 Å². The second kappa shape index (κ2) is 12.8. The van der Waals surface area contributed by atoms with Crippen LogP contribution in [0.1, 0.15) is 37.3 Å². The summed E-state index contributed by atoms with van der Waals surface area (Å²) in [7, 11) is 1.58. The van der Waals surface area contributed by atoms with Gasteiger partial charge in [-0.15, -0.1) is 24.9 Å². The molecule has 0 aromatic heterocycles. The molecule has 3 fully saturated rings. The molecule has 9 heteroatoms. The van der Waals surface area contributed by atoms with E-state index in [0.717, 1.165) is 12.0 Å². The lowest BCUT2D eigenvalue weighted by atomic mass is 9.71. The van der Waals surface area contributed by atoms with Crippen molar-refractivity contribution in [3.05, 3.63) is 85.5 Å². The van der Waals surface area contributed by atoms with Crippen molar-refractivity contribution in [2.75, 3.05) is 31.8 Å². The number of ether oxygens (including phenoxy) is 2. The fourth-order valence-electron chi connectivity index (χ4n) is 6.86. The Bertz CT molecular complexity index is 1320. The van der Waals surface area contributed by atoms with Crippen molar-refractivity contribution in [3.63, 3.8) is 0 Å². The number of unbranched alkanes of at least 4 members (excludes halogenated alkanes) is 1. The van der Waals surface area contributed by atoms with Crippen LogP contribution in [0.3, 0.4) is 0 Å². The third kappa shape index (κ3) is 5.13. The van der Waals surface area contributed by atoms with Gasteiger partial charge in [-0.05, 0) is 55.5 Å². The number of methoxy groups -OCH3 is 1. The van der Waals surface area contributed by atoms with Crippen LogP contribution >= 0.6 is 11.8 Å². The normalized spacial score (nSPS) is 26.4. The van der Waals surface area contributed by atoms with Crippen LogP contribution in [0.2, 0.25) is 0 Å². The number of thioether (sulfide) groups is 1. The van der Waals surface area contributed by atoms with Gasteiger partial charge in [0.25, 0.3) is 5.91 Å². The van der Waals surface area contributed by atoms with E-state index in [1.165, 1.54) is 0 Å². The maximum Gasteiger partial charge on any atom is 0.310 e. The van der Waals surface area contributed by atoms with Gasteiger partial charge in [-0.1, -0.05) is 42.5 Å². The Morgan fingerprint density at radius 2 is 1.90 bits per heavy atom. The zero-order chi connectivity index (χ0) is 29.9. The van der Waals surface area contributed by atoms with E-state index in [-0.39, 0.29) is 42.8 Å². The van der Waals surface area contributed by atoms with Crippen molar-refractivity contribution in [1.82, 2.24) is 4.90 Å². The van der Waals surface area contributed by atoms with Crippen molar-refractivity contribution in [2.45, 2.75) is 47.8 Å². The van der Waals surface area contributed by atoms with Gasteiger partial charge in [0.1, 0.15) is 11.8 Å². The van der Waals surface area contributed by atoms with Gasteiger partial charge in [0.2, 0.25) is 5.91 Å². The first-order valence-corrected chi connectivity index (χ1v) is 15.3. The van der Waals surface area contributed by atoms with Gasteiger partial charge in [0.15, 0.2) is 0 Å². The average Bonchev–Trinajstić information content (AvgIpc) is 3.66. The zero-order valence-electron chi connectivity index (χ0n) is 23.9. The molecule has 1 spiro atoms. The third-order valence-corrected chi connectivity index (χ3v) is 10.6. The highest BCUT2D eigenvalue weighted by molar-refractivity contribution is 8.02. The number of fused-ring (bicyclic) bond motifs is 1. The molecule has 8 nitrogen and oxygen atoms in total. The molecule has 42 heavy (non-hydrogen) atoms. The fourth-order valence-corrected chi connectivity index (χ4v) is 9.05. The molecule has 6 atom stereocenters. The van der Waals surface area contributed by atoms with E-state index < -0.39 is 28.7 Å². The Morgan fingerprint density at radius 3 is 2.55 bits per heavy atom. The second-order valence-corrected chi connectivity index (χ2v) is 12.5. The van der Waals surface area contributed by atoms with Crippen LogP contribution < -0.4 is 9.64 Å². The largest absolute Gasteiger partial charge is 0.497 e. The number of likely N-dealkylation sites (tertiary alicyclic amines) is 1. The van der Waals surface area contributed by atoms with Gasteiger partial charge in [-0.2, -0.15) is 0 Å². The number of amides is 2. The van der Waals surface area contributed by atoms with Gasteiger partial charge < -0.3 is 24.4 Å². The van der Waals surface area contributed by atoms with Crippen LogP contribution in [-0.2, 0) is 19.1 Å². The van der Waals surface area contributed by atoms with E-state index >= 15 is 0 Å². The molecule has 2 amide bonds. The minimum atomic E-state index is -0.900. The average molecular weight is 591 g/mol. The number of rotatable bonds is 13. The quantitative estimate of drug-likeness (QED) is 0.208. The number of esters is 1. The Kier molecular flexibility index (Phi) is 9.08. The number of nitrogens with zero attached hydrogens (tertiary/aromatic N) is 2. The van der Waals surface area contributed by atoms with E-state index in [1.807, 2.05) is 30.3 Å². The Hall–Kier alpha value is -3.56. The second-order valence-electron chi connectivity index (χ2n) is 10.9. The predicted molar refractivity (Wildman–Crippen MR) is 163 cm³/mol. The third-order valence-electron chi connectivity index (χ3n) is 8.70. The lowest BCUT2D eigenvalue weighted by molar-refractivity contribution is -0.154. The molecule has 5 rings (SSSR count). The Labute approximate surface area is 251 Å². The molecule has 0 saturated carbocycles. The smallest absolute Gasteiger partial charge is 0.310 e. The van der Waals surface area contributed by atoms with Crippen LogP contribution in [-0.4, -0.2) is 70.7 Å². The fraction of sp³-hybridized carbons (Fsp3) is 0.424. The lowest BCUT2D eigenvalue weighted by Crippen LogP contribution is -2.56. The molecule has 2 aromatic carbocycles. The lowest BCUT2D eigenvalue weighted by Gasteiger charge is -2.39. The molecular formula is C33H38N2O6S. The minimum absolute atomic E-state index is 0.110. The predicted octanol–water partition coefficient (Wildman–Crippen LogP) is 4.55. The zero-order valence-corrected chi connectivity index (χ0v) is 24.7. The van der Waals surface area contributed by atoms with Gasteiger partial charge in [0.05, 0.1) is 42.9 Å². The van der Waals surface area contributed by atoms with Crippen LogP contribution in [0.25, 0.3) is 0 Å². The van der Waals surface area contributed by atoms with E-state index in [9.17, 15) is 19.5 Å². The first-order chi connectivity index (χ1) is 20.4. The van der Waals surface area contributed by atoms with Crippen molar-refractivity contribution >= 4 is 35.2 Å². The topological polar surface area (TPSA) is 96.4 Å². The van der Waals surface area contributed by atoms with E-state index in [0.29, 0.717) is 30.7 Å². The first-order valence-electron chi connectivity index (χ1n) is 14.4. The number of carbonyl (C=O) groups excluding carboxylic acids is 3. The first kappa shape index (κ1) is 29.9. The van der Waals surface area contributed by atoms with Gasteiger partial charge in [0, 0.05) is 17.5 Å². The van der Waals surface area contributed by atoms with Crippen LogP contribution in [0.15, 0.2) is 79.9 Å². The van der Waals surface area contributed by atoms with Crippen LogP contribution in [0, 0.1) is 11.8 Å². The number of anilines is 1. The Morgan fingerprint density at radius 1 is 1.17 bits per heavy atom. The highest BCUT2D eigenvalue weighted by Crippen LogP contribution is 2.67. The standard InChI is InChI=1S/C33H38N2O6S/c1-4-6-10-20-41-32(39)27-26-17-18-33(42-26)28(27)30(37)35(25(21-36)22-11-8-7-9-12-22)29(33)31(38)34(19-5-2)23-13-15-24(40-3)16-14-23/h4-5,7-9,11-16,25-29,36H,1-2,6,10,17-21H2,3H3/t25-,26-,27+,28+,29?,33?/m1/s1. The number of allylic oxidation sites excluding steroid dienone is 1. The molecule has 3 heterocycles. The summed E-state index contributed by atoms with van der Waals surface area (Å²) in [6.45, 7) is 7.71. The molecule has 2 unspecified atom stereocenters. The highest BCUT2D eigenvalue weighted by atomic mass is 32.2. The van der Waals surface area contributed by atoms with Crippen molar-refractivity contribution in [3.8, 4) is 5.75 Å². The van der Waals surface area contributed by atoms with E-state index in [4.69, 9.17) is 9.47 Å². The monoisotopic (exact) mass is 590 g/mol. The molecule has 2 bridgehead atoms. The van der Waals surface area contributed by atoms with Crippen LogP contribution in [0.4, 0.5) is 5.69 Å². The van der Waals surface area contributed by atoms with Gasteiger partial charge >= 0.3 is 5.97 Å². The number of hydrogen-bond acceptors (Lipinski definition) is 7. The summed E-state index contributed by atoms with van der Waals surface area (Å²) in [5.74, 6) is -1.65. The SMILES string of the molecule is C=CCCCOC(=O)[C@@H]1[C@H]2C(=O)N([C@H](CO)c3ccccc3)C(C(=O)N(CC=C)c3ccc(OC)cc3)C23CC[C@H]1S3. The van der Waals surface area contributed by atoms with Gasteiger partial charge in [-0.3, -0.25) is 14.4 Å². The maximum absolute atomic E-state index is 14.8. The van der Waals surface area contributed by atoms with Gasteiger partial charge in [-0.25, -0.2) is 0 Å². The van der Waals surface area contributed by atoms with Crippen molar-refractivity contribution in [1.29, 1.82) is 0 Å². The highest BCUT2D eigenvalue weighted by Gasteiger charge is 2.75. The molecule has 3 saturated heterocycles. The molecule has 3 aliphatic heterocycles. The molecular weight excluding hydrogens is 552 g/mol. The Balaban J connectivity index is 1.57. The van der Waals surface area contributed by atoms with Crippen LogP contribution in [0.5, 0.6) is 5.75 Å². The number of benzene rings is 2. The minimum Gasteiger partial charge on any atom is -0.497 e. The summed E-state index contributed by atoms with van der Waals surface area (Å²) < 4.78 is 10.2.